The van der Waals surface area contributed by atoms with Gasteiger partial charge in [-0.1, -0.05) is 23.2 Å². The molecule has 10 heteroatoms. The maximum absolute atomic E-state index is 11.6. The Morgan fingerprint density at radius 3 is 2.08 bits per heavy atom. The van der Waals surface area contributed by atoms with Crippen LogP contribution in [0.15, 0.2) is 48.8 Å². The number of rotatable bonds is 5. The van der Waals surface area contributed by atoms with Gasteiger partial charge in [0.25, 0.3) is 0 Å². The molecule has 0 saturated heterocycles. The van der Waals surface area contributed by atoms with Gasteiger partial charge in [-0.15, -0.1) is 0 Å². The summed E-state index contributed by atoms with van der Waals surface area (Å²) in [6.07, 6.45) is 1.24. The molecular weight excluding hydrogens is 492 g/mol. The Hall–Kier alpha value is -2.17. The van der Waals surface area contributed by atoms with E-state index < -0.39 is 4.92 Å². The monoisotopic (exact) mass is 501 g/mol. The summed E-state index contributed by atoms with van der Waals surface area (Å²) in [5, 5.41) is 18.1. The Balaban J connectivity index is 1.96. The molecule has 0 spiro atoms. The second-order valence-corrected chi connectivity index (χ2v) is 7.12. The number of aromatic nitrogens is 2. The average Bonchev–Trinajstić information content (AvgIpc) is 2.60. The first-order valence-corrected chi connectivity index (χ1v) is 9.01. The second-order valence-electron chi connectivity index (χ2n) is 5.06. The number of benzene rings is 2. The van der Waals surface area contributed by atoms with Crippen LogP contribution in [-0.4, -0.2) is 14.9 Å². The smallest absolute Gasteiger partial charge is 0.334 e. The van der Waals surface area contributed by atoms with Crippen LogP contribution in [0.4, 0.5) is 28.7 Å². The van der Waals surface area contributed by atoms with Crippen LogP contribution < -0.4 is 10.6 Å². The van der Waals surface area contributed by atoms with Crippen molar-refractivity contribution >= 4 is 74.5 Å². The highest BCUT2D eigenvalue weighted by molar-refractivity contribution is 14.1. The van der Waals surface area contributed by atoms with E-state index in [4.69, 9.17) is 23.2 Å². The highest BCUT2D eigenvalue weighted by atomic mass is 127. The van der Waals surface area contributed by atoms with Crippen LogP contribution in [0, 0.1) is 13.7 Å². The van der Waals surface area contributed by atoms with Gasteiger partial charge < -0.3 is 10.6 Å². The lowest BCUT2D eigenvalue weighted by atomic mass is 10.3. The first-order chi connectivity index (χ1) is 12.4. The van der Waals surface area contributed by atoms with Crippen molar-refractivity contribution in [1.82, 2.24) is 9.97 Å². The normalized spacial score (nSPS) is 10.4. The fourth-order valence-corrected chi connectivity index (χ4v) is 2.77. The maximum atomic E-state index is 11.6. The molecule has 1 aromatic heterocycles. The summed E-state index contributed by atoms with van der Waals surface area (Å²) in [5.74, 6) is 0.116. The van der Waals surface area contributed by atoms with Crippen molar-refractivity contribution in [2.75, 3.05) is 10.6 Å². The molecule has 2 N–H and O–H groups in total. The minimum atomic E-state index is -0.547. The SMILES string of the molecule is O=[N+]([O-])c1c(Nc2ccc(I)cc2)ncnc1Nc1ccc(Cl)c(Cl)c1. The molecule has 1 heterocycles. The Kier molecular flexibility index (Phi) is 5.74. The molecule has 0 saturated carbocycles. The van der Waals surface area contributed by atoms with Gasteiger partial charge in [-0.2, -0.15) is 0 Å². The number of hydrogen-bond acceptors (Lipinski definition) is 6. The summed E-state index contributed by atoms with van der Waals surface area (Å²) >= 11 is 14.0. The van der Waals surface area contributed by atoms with Gasteiger partial charge in [0.15, 0.2) is 0 Å². The molecule has 0 unspecified atom stereocenters. The van der Waals surface area contributed by atoms with Gasteiger partial charge in [-0.25, -0.2) is 9.97 Å². The van der Waals surface area contributed by atoms with Crippen LogP contribution in [0.25, 0.3) is 0 Å². The third kappa shape index (κ3) is 4.32. The van der Waals surface area contributed by atoms with Gasteiger partial charge in [0.1, 0.15) is 6.33 Å². The Morgan fingerprint density at radius 2 is 1.50 bits per heavy atom. The molecular formula is C16H10Cl2IN5O2. The lowest BCUT2D eigenvalue weighted by Gasteiger charge is -2.10. The quantitative estimate of drug-likeness (QED) is 0.261. The number of nitrogens with one attached hydrogen (secondary N) is 2. The van der Waals surface area contributed by atoms with Crippen molar-refractivity contribution in [2.24, 2.45) is 0 Å². The van der Waals surface area contributed by atoms with Crippen LogP contribution in [0.1, 0.15) is 0 Å². The summed E-state index contributed by atoms with van der Waals surface area (Å²) < 4.78 is 1.05. The Bertz CT molecular complexity index is 969. The van der Waals surface area contributed by atoms with Crippen LogP contribution >= 0.6 is 45.8 Å². The molecule has 3 rings (SSSR count). The second kappa shape index (κ2) is 8.02. The minimum absolute atomic E-state index is 0.0383. The molecule has 3 aromatic rings. The molecule has 0 atom stereocenters. The highest BCUT2D eigenvalue weighted by Crippen LogP contribution is 2.34. The van der Waals surface area contributed by atoms with E-state index in [1.165, 1.54) is 6.33 Å². The first-order valence-electron chi connectivity index (χ1n) is 7.18. The fraction of sp³-hybridized carbons (Fsp3) is 0. The lowest BCUT2D eigenvalue weighted by molar-refractivity contribution is -0.383. The van der Waals surface area contributed by atoms with E-state index in [1.54, 1.807) is 30.3 Å². The number of halogens is 3. The van der Waals surface area contributed by atoms with E-state index >= 15 is 0 Å². The van der Waals surface area contributed by atoms with Gasteiger partial charge in [0.05, 0.1) is 15.0 Å². The number of anilines is 4. The molecule has 0 aliphatic carbocycles. The van der Waals surface area contributed by atoms with Gasteiger partial charge in [0.2, 0.25) is 11.6 Å². The lowest BCUT2D eigenvalue weighted by Crippen LogP contribution is -2.05. The van der Waals surface area contributed by atoms with Crippen molar-refractivity contribution in [2.45, 2.75) is 0 Å². The van der Waals surface area contributed by atoms with Crippen LogP contribution in [-0.2, 0) is 0 Å². The van der Waals surface area contributed by atoms with Crippen molar-refractivity contribution in [3.05, 3.63) is 72.5 Å². The molecule has 0 aliphatic heterocycles. The fourth-order valence-electron chi connectivity index (χ4n) is 2.12. The minimum Gasteiger partial charge on any atom is -0.334 e. The topological polar surface area (TPSA) is 93.0 Å². The standard InChI is InChI=1S/C16H10Cl2IN5O2/c17-12-6-5-11(7-13(12)18)23-16-14(24(25)26)15(20-8-21-16)22-10-3-1-9(19)2-4-10/h1-8H,(H2,20,21,22,23). The number of nitro groups is 1. The maximum Gasteiger partial charge on any atom is 0.353 e. The molecule has 7 nitrogen and oxygen atoms in total. The van der Waals surface area contributed by atoms with E-state index in [2.05, 4.69) is 43.2 Å². The molecule has 0 radical (unpaired) electrons. The number of hydrogen-bond donors (Lipinski definition) is 2. The molecule has 0 fully saturated rings. The van der Waals surface area contributed by atoms with Crippen LogP contribution in [0.2, 0.25) is 10.0 Å². The van der Waals surface area contributed by atoms with Gasteiger partial charge in [0, 0.05) is 14.9 Å². The van der Waals surface area contributed by atoms with Crippen molar-refractivity contribution < 1.29 is 4.92 Å². The molecule has 0 bridgehead atoms. The highest BCUT2D eigenvalue weighted by Gasteiger charge is 2.23. The third-order valence-electron chi connectivity index (χ3n) is 3.29. The summed E-state index contributed by atoms with van der Waals surface area (Å²) in [5.41, 5.74) is 0.909. The zero-order valence-corrected chi connectivity index (χ0v) is 16.6. The molecule has 132 valence electrons. The predicted octanol–water partition coefficient (Wildman–Crippen LogP) is 5.78. The zero-order valence-electron chi connectivity index (χ0n) is 12.9. The van der Waals surface area contributed by atoms with Gasteiger partial charge in [-0.3, -0.25) is 10.1 Å². The van der Waals surface area contributed by atoms with E-state index in [-0.39, 0.29) is 17.3 Å². The first kappa shape index (κ1) is 18.6. The van der Waals surface area contributed by atoms with Crippen molar-refractivity contribution in [3.8, 4) is 0 Å². The predicted molar refractivity (Wildman–Crippen MR) is 111 cm³/mol. The number of nitrogens with zero attached hydrogens (tertiary/aromatic N) is 3. The molecule has 2 aromatic carbocycles. The Labute approximate surface area is 172 Å². The van der Waals surface area contributed by atoms with E-state index in [1.807, 2.05) is 12.1 Å². The van der Waals surface area contributed by atoms with Crippen LogP contribution in [0.3, 0.4) is 0 Å². The average molecular weight is 502 g/mol. The van der Waals surface area contributed by atoms with Crippen LogP contribution in [0.5, 0.6) is 0 Å². The van der Waals surface area contributed by atoms with Gasteiger partial charge in [-0.05, 0) is 65.1 Å². The van der Waals surface area contributed by atoms with E-state index in [0.29, 0.717) is 21.4 Å². The third-order valence-corrected chi connectivity index (χ3v) is 4.75. The molecule has 0 amide bonds. The molecule has 26 heavy (non-hydrogen) atoms. The zero-order chi connectivity index (χ0) is 18.7. The Morgan fingerprint density at radius 1 is 0.923 bits per heavy atom. The van der Waals surface area contributed by atoms with Crippen molar-refractivity contribution in [3.63, 3.8) is 0 Å². The summed E-state index contributed by atoms with van der Waals surface area (Å²) in [6.45, 7) is 0. The van der Waals surface area contributed by atoms with E-state index in [9.17, 15) is 10.1 Å². The summed E-state index contributed by atoms with van der Waals surface area (Å²) in [7, 11) is 0. The van der Waals surface area contributed by atoms with Gasteiger partial charge >= 0.3 is 5.69 Å². The molecule has 0 aliphatic rings. The van der Waals surface area contributed by atoms with Crippen molar-refractivity contribution in [1.29, 1.82) is 0 Å². The summed E-state index contributed by atoms with van der Waals surface area (Å²) in [6, 6.07) is 12.2. The van der Waals surface area contributed by atoms with E-state index in [0.717, 1.165) is 3.57 Å². The summed E-state index contributed by atoms with van der Waals surface area (Å²) in [4.78, 5) is 19.0. The largest absolute Gasteiger partial charge is 0.353 e.